The lowest BCUT2D eigenvalue weighted by atomic mass is 9.97. The molecule has 106 valence electrons. The Morgan fingerprint density at radius 2 is 1.56 bits per heavy atom. The van der Waals surface area contributed by atoms with Crippen LogP contribution in [0.15, 0.2) is 4.99 Å². The summed E-state index contributed by atoms with van der Waals surface area (Å²) in [5.74, 6) is 2.69. The zero-order valence-corrected chi connectivity index (χ0v) is 13.9. The van der Waals surface area contributed by atoms with Gasteiger partial charge in [0.25, 0.3) is 0 Å². The smallest absolute Gasteiger partial charge is 0.190 e. The molecule has 2 N–H and O–H groups in total. The summed E-state index contributed by atoms with van der Waals surface area (Å²) in [5.41, 5.74) is 0. The van der Waals surface area contributed by atoms with Crippen molar-refractivity contribution in [2.45, 2.75) is 25.7 Å². The van der Waals surface area contributed by atoms with Gasteiger partial charge in [-0.1, -0.05) is 0 Å². The van der Waals surface area contributed by atoms with Crippen molar-refractivity contribution in [3.8, 4) is 0 Å². The van der Waals surface area contributed by atoms with Crippen LogP contribution in [0, 0.1) is 11.8 Å². The Balaban J connectivity index is 0.00000162. The summed E-state index contributed by atoms with van der Waals surface area (Å²) in [5, 5.41) is 6.87. The molecule has 0 aromatic rings. The molecule has 0 atom stereocenters. The standard InChI is InChI=1S/C13H26N4.HI/c1-14-13(15-9-11-3-4-11)16-10-12-5-7-17(2)8-6-12;/h11-12H,3-10H2,1-2H3,(H2,14,15,16);1H. The molecule has 5 heteroatoms. The highest BCUT2D eigenvalue weighted by Crippen LogP contribution is 2.27. The van der Waals surface area contributed by atoms with E-state index in [9.17, 15) is 0 Å². The summed E-state index contributed by atoms with van der Waals surface area (Å²) < 4.78 is 0. The molecule has 2 rings (SSSR count). The summed E-state index contributed by atoms with van der Waals surface area (Å²) in [6.07, 6.45) is 5.39. The van der Waals surface area contributed by atoms with E-state index in [1.807, 2.05) is 7.05 Å². The van der Waals surface area contributed by atoms with Gasteiger partial charge in [-0.05, 0) is 57.7 Å². The lowest BCUT2D eigenvalue weighted by Gasteiger charge is -2.29. The average Bonchev–Trinajstić information content (AvgIpc) is 3.15. The Kier molecular flexibility index (Phi) is 7.29. The molecular formula is C13H27IN4. The van der Waals surface area contributed by atoms with Crippen molar-refractivity contribution in [1.29, 1.82) is 0 Å². The molecule has 0 aromatic heterocycles. The van der Waals surface area contributed by atoms with Crippen molar-refractivity contribution < 1.29 is 0 Å². The van der Waals surface area contributed by atoms with Gasteiger partial charge in [-0.3, -0.25) is 4.99 Å². The number of guanidine groups is 1. The van der Waals surface area contributed by atoms with Gasteiger partial charge < -0.3 is 15.5 Å². The minimum atomic E-state index is 0. The predicted octanol–water partition coefficient (Wildman–Crippen LogP) is 1.52. The number of aliphatic imine (C=N–C) groups is 1. The van der Waals surface area contributed by atoms with Crippen LogP contribution in [0.25, 0.3) is 0 Å². The van der Waals surface area contributed by atoms with Crippen LogP contribution in [-0.2, 0) is 0 Å². The van der Waals surface area contributed by atoms with E-state index in [2.05, 4.69) is 27.6 Å². The van der Waals surface area contributed by atoms with Gasteiger partial charge in [0.2, 0.25) is 0 Å². The van der Waals surface area contributed by atoms with Crippen molar-refractivity contribution >= 4 is 29.9 Å². The van der Waals surface area contributed by atoms with Crippen molar-refractivity contribution in [2.75, 3.05) is 40.3 Å². The topological polar surface area (TPSA) is 39.7 Å². The maximum absolute atomic E-state index is 4.27. The van der Waals surface area contributed by atoms with E-state index in [1.165, 1.54) is 38.8 Å². The van der Waals surface area contributed by atoms with Gasteiger partial charge >= 0.3 is 0 Å². The molecule has 0 bridgehead atoms. The first-order valence-corrected chi connectivity index (χ1v) is 6.91. The maximum atomic E-state index is 4.27. The molecule has 18 heavy (non-hydrogen) atoms. The average molecular weight is 366 g/mol. The van der Waals surface area contributed by atoms with Gasteiger partial charge in [-0.25, -0.2) is 0 Å². The second-order valence-corrected chi connectivity index (χ2v) is 5.52. The third-order valence-electron chi connectivity index (χ3n) is 3.88. The van der Waals surface area contributed by atoms with E-state index >= 15 is 0 Å². The molecule has 1 heterocycles. The van der Waals surface area contributed by atoms with Crippen LogP contribution in [0.4, 0.5) is 0 Å². The maximum Gasteiger partial charge on any atom is 0.190 e. The number of hydrogen-bond acceptors (Lipinski definition) is 2. The Labute approximate surface area is 128 Å². The Hall–Kier alpha value is -0.0400. The van der Waals surface area contributed by atoms with Gasteiger partial charge in [0.05, 0.1) is 0 Å². The van der Waals surface area contributed by atoms with E-state index in [4.69, 9.17) is 0 Å². The number of nitrogens with zero attached hydrogens (tertiary/aromatic N) is 2. The van der Waals surface area contributed by atoms with Crippen molar-refractivity contribution in [2.24, 2.45) is 16.8 Å². The van der Waals surface area contributed by atoms with Gasteiger partial charge in [0.1, 0.15) is 0 Å². The number of nitrogens with one attached hydrogen (secondary N) is 2. The fourth-order valence-corrected chi connectivity index (χ4v) is 2.29. The molecule has 1 saturated heterocycles. The van der Waals surface area contributed by atoms with E-state index < -0.39 is 0 Å². The molecule has 1 aliphatic carbocycles. The Bertz CT molecular complexity index is 258. The zero-order chi connectivity index (χ0) is 12.1. The molecule has 0 unspecified atom stereocenters. The minimum absolute atomic E-state index is 0. The highest BCUT2D eigenvalue weighted by molar-refractivity contribution is 14.0. The van der Waals surface area contributed by atoms with Crippen LogP contribution in [0.1, 0.15) is 25.7 Å². The minimum Gasteiger partial charge on any atom is -0.356 e. The molecule has 0 spiro atoms. The Morgan fingerprint density at radius 1 is 1.06 bits per heavy atom. The number of halogens is 1. The van der Waals surface area contributed by atoms with E-state index in [-0.39, 0.29) is 24.0 Å². The second-order valence-electron chi connectivity index (χ2n) is 5.52. The molecule has 4 nitrogen and oxygen atoms in total. The molecule has 0 amide bonds. The predicted molar refractivity (Wildman–Crippen MR) is 87.7 cm³/mol. The van der Waals surface area contributed by atoms with Gasteiger partial charge in [-0.2, -0.15) is 0 Å². The monoisotopic (exact) mass is 366 g/mol. The SMILES string of the molecule is CN=C(NCC1CC1)NCC1CCN(C)CC1.I. The molecule has 2 fully saturated rings. The molecule has 0 radical (unpaired) electrons. The normalized spacial score (nSPS) is 22.4. The summed E-state index contributed by atoms with van der Waals surface area (Å²) in [6.45, 7) is 4.63. The van der Waals surface area contributed by atoms with Crippen LogP contribution in [0.5, 0.6) is 0 Å². The van der Waals surface area contributed by atoms with Crippen molar-refractivity contribution in [1.82, 2.24) is 15.5 Å². The molecule has 0 aromatic carbocycles. The summed E-state index contributed by atoms with van der Waals surface area (Å²) >= 11 is 0. The number of piperidine rings is 1. The first-order chi connectivity index (χ1) is 8.28. The third kappa shape index (κ3) is 5.73. The molecule has 1 aliphatic heterocycles. The quantitative estimate of drug-likeness (QED) is 0.450. The number of hydrogen-bond donors (Lipinski definition) is 2. The van der Waals surface area contributed by atoms with E-state index in [0.717, 1.165) is 30.9 Å². The first-order valence-electron chi connectivity index (χ1n) is 6.91. The summed E-state index contributed by atoms with van der Waals surface area (Å²) in [4.78, 5) is 6.68. The summed E-state index contributed by atoms with van der Waals surface area (Å²) in [7, 11) is 4.07. The number of likely N-dealkylation sites (tertiary alicyclic amines) is 1. The molecule has 1 saturated carbocycles. The van der Waals surface area contributed by atoms with Crippen molar-refractivity contribution in [3.63, 3.8) is 0 Å². The fraction of sp³-hybridized carbons (Fsp3) is 0.923. The molecular weight excluding hydrogens is 339 g/mol. The third-order valence-corrected chi connectivity index (χ3v) is 3.88. The van der Waals surface area contributed by atoms with Crippen LogP contribution >= 0.6 is 24.0 Å². The van der Waals surface area contributed by atoms with Crippen LogP contribution in [0.2, 0.25) is 0 Å². The van der Waals surface area contributed by atoms with Crippen LogP contribution in [0.3, 0.4) is 0 Å². The second kappa shape index (κ2) is 8.19. The highest BCUT2D eigenvalue weighted by atomic mass is 127. The highest BCUT2D eigenvalue weighted by Gasteiger charge is 2.21. The Morgan fingerprint density at radius 3 is 2.00 bits per heavy atom. The lowest BCUT2D eigenvalue weighted by Crippen LogP contribution is -2.42. The van der Waals surface area contributed by atoms with Crippen LogP contribution < -0.4 is 10.6 Å². The number of rotatable bonds is 4. The fourth-order valence-electron chi connectivity index (χ4n) is 2.29. The summed E-state index contributed by atoms with van der Waals surface area (Å²) in [6, 6.07) is 0. The van der Waals surface area contributed by atoms with Crippen LogP contribution in [-0.4, -0.2) is 51.1 Å². The molecule has 2 aliphatic rings. The van der Waals surface area contributed by atoms with E-state index in [1.54, 1.807) is 0 Å². The van der Waals surface area contributed by atoms with Gasteiger partial charge in [0.15, 0.2) is 5.96 Å². The first kappa shape index (κ1) is 16.0. The van der Waals surface area contributed by atoms with Gasteiger partial charge in [0, 0.05) is 20.1 Å². The zero-order valence-electron chi connectivity index (χ0n) is 11.6. The largest absolute Gasteiger partial charge is 0.356 e. The van der Waals surface area contributed by atoms with E-state index in [0.29, 0.717) is 0 Å². The lowest BCUT2D eigenvalue weighted by molar-refractivity contribution is 0.220. The van der Waals surface area contributed by atoms with Crippen molar-refractivity contribution in [3.05, 3.63) is 0 Å². The van der Waals surface area contributed by atoms with Gasteiger partial charge in [-0.15, -0.1) is 24.0 Å².